The van der Waals surface area contributed by atoms with Gasteiger partial charge in [0.1, 0.15) is 0 Å². The maximum absolute atomic E-state index is 11.6. The largest absolute Gasteiger partial charge is 0.351 e. The SMILES string of the molecule is Cc1cccc(CNC(=O)C(N)C(C)C)c1. The molecule has 0 spiro atoms. The Bertz CT molecular complexity index is 361. The van der Waals surface area contributed by atoms with E-state index >= 15 is 0 Å². The van der Waals surface area contributed by atoms with Crippen molar-refractivity contribution in [3.63, 3.8) is 0 Å². The van der Waals surface area contributed by atoms with E-state index in [0.717, 1.165) is 5.56 Å². The number of hydrogen-bond acceptors (Lipinski definition) is 2. The molecule has 3 heteroatoms. The van der Waals surface area contributed by atoms with Crippen LogP contribution in [-0.2, 0) is 11.3 Å². The number of amides is 1. The van der Waals surface area contributed by atoms with Crippen LogP contribution >= 0.6 is 0 Å². The summed E-state index contributed by atoms with van der Waals surface area (Å²) in [5, 5.41) is 2.84. The van der Waals surface area contributed by atoms with E-state index in [1.807, 2.05) is 39.0 Å². The van der Waals surface area contributed by atoms with Gasteiger partial charge in [-0.05, 0) is 18.4 Å². The Kier molecular flexibility index (Phi) is 4.50. The Balaban J connectivity index is 2.49. The molecule has 0 heterocycles. The predicted octanol–water partition coefficient (Wildman–Crippen LogP) is 1.59. The molecule has 0 fully saturated rings. The van der Waals surface area contributed by atoms with Gasteiger partial charge in [-0.25, -0.2) is 0 Å². The summed E-state index contributed by atoms with van der Waals surface area (Å²) in [6, 6.07) is 7.64. The van der Waals surface area contributed by atoms with Crippen molar-refractivity contribution in [1.29, 1.82) is 0 Å². The van der Waals surface area contributed by atoms with Crippen LogP contribution in [0.15, 0.2) is 24.3 Å². The van der Waals surface area contributed by atoms with Crippen molar-refractivity contribution in [3.8, 4) is 0 Å². The lowest BCUT2D eigenvalue weighted by Crippen LogP contribution is -2.43. The smallest absolute Gasteiger partial charge is 0.237 e. The number of carbonyl (C=O) groups is 1. The van der Waals surface area contributed by atoms with Gasteiger partial charge in [0.05, 0.1) is 6.04 Å². The van der Waals surface area contributed by atoms with Gasteiger partial charge < -0.3 is 11.1 Å². The average Bonchev–Trinajstić information content (AvgIpc) is 2.24. The first kappa shape index (κ1) is 12.7. The molecule has 3 N–H and O–H groups in total. The van der Waals surface area contributed by atoms with E-state index in [9.17, 15) is 4.79 Å². The molecule has 1 unspecified atom stereocenters. The summed E-state index contributed by atoms with van der Waals surface area (Å²) >= 11 is 0. The van der Waals surface area contributed by atoms with Gasteiger partial charge in [0, 0.05) is 6.54 Å². The van der Waals surface area contributed by atoms with Crippen LogP contribution in [0.4, 0.5) is 0 Å². The van der Waals surface area contributed by atoms with E-state index < -0.39 is 6.04 Å². The van der Waals surface area contributed by atoms with E-state index in [2.05, 4.69) is 11.4 Å². The molecule has 1 amide bonds. The summed E-state index contributed by atoms with van der Waals surface area (Å²) < 4.78 is 0. The number of nitrogens with one attached hydrogen (secondary N) is 1. The Morgan fingerprint density at radius 1 is 1.44 bits per heavy atom. The molecule has 0 saturated heterocycles. The molecule has 0 aliphatic carbocycles. The zero-order chi connectivity index (χ0) is 12.1. The van der Waals surface area contributed by atoms with Crippen molar-refractivity contribution in [1.82, 2.24) is 5.32 Å². The van der Waals surface area contributed by atoms with Crippen LogP contribution in [-0.4, -0.2) is 11.9 Å². The van der Waals surface area contributed by atoms with Crippen molar-refractivity contribution < 1.29 is 4.79 Å². The standard InChI is InChI=1S/C13H20N2O/c1-9(2)12(14)13(16)15-8-11-6-4-5-10(3)7-11/h4-7,9,12H,8,14H2,1-3H3,(H,15,16). The van der Waals surface area contributed by atoms with Crippen molar-refractivity contribution in [3.05, 3.63) is 35.4 Å². The lowest BCUT2D eigenvalue weighted by atomic mass is 10.0. The van der Waals surface area contributed by atoms with E-state index in [-0.39, 0.29) is 11.8 Å². The van der Waals surface area contributed by atoms with Crippen LogP contribution < -0.4 is 11.1 Å². The third-order valence-electron chi connectivity index (χ3n) is 2.57. The summed E-state index contributed by atoms with van der Waals surface area (Å²) in [5.74, 6) is 0.0778. The van der Waals surface area contributed by atoms with Gasteiger partial charge in [-0.2, -0.15) is 0 Å². The maximum Gasteiger partial charge on any atom is 0.237 e. The van der Waals surface area contributed by atoms with Crippen molar-refractivity contribution in [2.75, 3.05) is 0 Å². The molecule has 0 radical (unpaired) electrons. The van der Waals surface area contributed by atoms with Crippen LogP contribution in [0.25, 0.3) is 0 Å². The molecule has 3 nitrogen and oxygen atoms in total. The second kappa shape index (κ2) is 5.66. The minimum Gasteiger partial charge on any atom is -0.351 e. The number of carbonyl (C=O) groups excluding carboxylic acids is 1. The molecule has 1 rings (SSSR count). The molecule has 1 aromatic rings. The lowest BCUT2D eigenvalue weighted by molar-refractivity contribution is -0.123. The van der Waals surface area contributed by atoms with E-state index in [0.29, 0.717) is 6.54 Å². The highest BCUT2D eigenvalue weighted by Gasteiger charge is 2.16. The average molecular weight is 220 g/mol. The quantitative estimate of drug-likeness (QED) is 0.809. The molecule has 0 aromatic heterocycles. The van der Waals surface area contributed by atoms with Crippen molar-refractivity contribution in [2.45, 2.75) is 33.4 Å². The van der Waals surface area contributed by atoms with Gasteiger partial charge in [-0.1, -0.05) is 43.7 Å². The van der Waals surface area contributed by atoms with Crippen molar-refractivity contribution in [2.24, 2.45) is 11.7 Å². The van der Waals surface area contributed by atoms with E-state index in [4.69, 9.17) is 5.73 Å². The second-order valence-electron chi connectivity index (χ2n) is 4.48. The zero-order valence-corrected chi connectivity index (χ0v) is 10.2. The van der Waals surface area contributed by atoms with Crippen molar-refractivity contribution >= 4 is 5.91 Å². The molecular weight excluding hydrogens is 200 g/mol. The van der Waals surface area contributed by atoms with E-state index in [1.165, 1.54) is 5.56 Å². The third-order valence-corrected chi connectivity index (χ3v) is 2.57. The van der Waals surface area contributed by atoms with Crippen LogP contribution in [0.1, 0.15) is 25.0 Å². The minimum atomic E-state index is -0.426. The topological polar surface area (TPSA) is 55.1 Å². The fraction of sp³-hybridized carbons (Fsp3) is 0.462. The zero-order valence-electron chi connectivity index (χ0n) is 10.2. The first-order valence-corrected chi connectivity index (χ1v) is 5.59. The van der Waals surface area contributed by atoms with Gasteiger partial charge in [-0.3, -0.25) is 4.79 Å². The molecule has 88 valence electrons. The summed E-state index contributed by atoms with van der Waals surface area (Å²) in [7, 11) is 0. The molecule has 0 aliphatic heterocycles. The second-order valence-corrected chi connectivity index (χ2v) is 4.48. The van der Waals surface area contributed by atoms with Gasteiger partial charge in [0.15, 0.2) is 0 Å². The highest BCUT2D eigenvalue weighted by molar-refractivity contribution is 5.81. The first-order chi connectivity index (χ1) is 7.50. The Morgan fingerprint density at radius 3 is 2.69 bits per heavy atom. The molecular formula is C13H20N2O. The van der Waals surface area contributed by atoms with Gasteiger partial charge >= 0.3 is 0 Å². The first-order valence-electron chi connectivity index (χ1n) is 5.59. The number of hydrogen-bond donors (Lipinski definition) is 2. The number of nitrogens with two attached hydrogens (primary N) is 1. The highest BCUT2D eigenvalue weighted by Crippen LogP contribution is 2.04. The summed E-state index contributed by atoms with van der Waals surface area (Å²) in [5.41, 5.74) is 8.04. The molecule has 0 saturated carbocycles. The summed E-state index contributed by atoms with van der Waals surface area (Å²) in [6.45, 7) is 6.46. The van der Waals surface area contributed by atoms with Crippen LogP contribution in [0.2, 0.25) is 0 Å². The third kappa shape index (κ3) is 3.66. The van der Waals surface area contributed by atoms with Crippen LogP contribution in [0, 0.1) is 12.8 Å². The molecule has 1 atom stereocenters. The number of benzene rings is 1. The van der Waals surface area contributed by atoms with Crippen LogP contribution in [0.3, 0.4) is 0 Å². The highest BCUT2D eigenvalue weighted by atomic mass is 16.2. The van der Waals surface area contributed by atoms with Gasteiger partial charge in [-0.15, -0.1) is 0 Å². The maximum atomic E-state index is 11.6. The summed E-state index contributed by atoms with van der Waals surface area (Å²) in [6.07, 6.45) is 0. The monoisotopic (exact) mass is 220 g/mol. The fourth-order valence-electron chi connectivity index (χ4n) is 1.43. The molecule has 16 heavy (non-hydrogen) atoms. The molecule has 0 bridgehead atoms. The summed E-state index contributed by atoms with van der Waals surface area (Å²) in [4.78, 5) is 11.6. The fourth-order valence-corrected chi connectivity index (χ4v) is 1.43. The Hall–Kier alpha value is -1.35. The number of rotatable bonds is 4. The van der Waals surface area contributed by atoms with Gasteiger partial charge in [0.2, 0.25) is 5.91 Å². The predicted molar refractivity (Wildman–Crippen MR) is 65.8 cm³/mol. The van der Waals surface area contributed by atoms with Gasteiger partial charge in [0.25, 0.3) is 0 Å². The Morgan fingerprint density at radius 2 is 2.12 bits per heavy atom. The number of aryl methyl sites for hydroxylation is 1. The normalized spacial score (nSPS) is 12.6. The minimum absolute atomic E-state index is 0.0866. The molecule has 0 aliphatic rings. The lowest BCUT2D eigenvalue weighted by Gasteiger charge is -2.15. The Labute approximate surface area is 97.0 Å². The van der Waals surface area contributed by atoms with Crippen LogP contribution in [0.5, 0.6) is 0 Å². The molecule has 1 aromatic carbocycles. The van der Waals surface area contributed by atoms with E-state index in [1.54, 1.807) is 0 Å².